The fourth-order valence-electron chi connectivity index (χ4n) is 4.35. The van der Waals surface area contributed by atoms with Crippen molar-refractivity contribution >= 4 is 5.91 Å². The summed E-state index contributed by atoms with van der Waals surface area (Å²) in [6.45, 7) is 5.05. The zero-order chi connectivity index (χ0) is 17.3. The normalized spacial score (nSPS) is 20.3. The van der Waals surface area contributed by atoms with Crippen molar-refractivity contribution in [3.05, 3.63) is 54.1 Å². The van der Waals surface area contributed by atoms with Crippen LogP contribution in [-0.2, 0) is 13.6 Å². The summed E-state index contributed by atoms with van der Waals surface area (Å²) in [5.41, 5.74) is 2.48. The molecule has 5 heteroatoms. The van der Waals surface area contributed by atoms with Crippen LogP contribution in [0.25, 0.3) is 0 Å². The van der Waals surface area contributed by atoms with Crippen molar-refractivity contribution in [3.63, 3.8) is 0 Å². The number of pyridine rings is 1. The maximum absolute atomic E-state index is 12.7. The second-order valence-corrected chi connectivity index (χ2v) is 7.62. The molecule has 132 valence electrons. The number of likely N-dealkylation sites (tertiary alicyclic amines) is 2. The van der Waals surface area contributed by atoms with Gasteiger partial charge in [0.1, 0.15) is 5.69 Å². The van der Waals surface area contributed by atoms with Crippen molar-refractivity contribution < 1.29 is 4.79 Å². The topological polar surface area (TPSA) is 41.4 Å². The Bertz CT molecular complexity index is 731. The highest BCUT2D eigenvalue weighted by atomic mass is 16.2. The van der Waals surface area contributed by atoms with Crippen molar-refractivity contribution in [2.75, 3.05) is 26.2 Å². The van der Waals surface area contributed by atoms with Gasteiger partial charge in [0.25, 0.3) is 5.91 Å². The predicted molar refractivity (Wildman–Crippen MR) is 97.1 cm³/mol. The molecule has 0 radical (unpaired) electrons. The van der Waals surface area contributed by atoms with Gasteiger partial charge in [-0.3, -0.25) is 14.7 Å². The van der Waals surface area contributed by atoms with Crippen molar-refractivity contribution in [1.29, 1.82) is 0 Å². The summed E-state index contributed by atoms with van der Waals surface area (Å²) in [5, 5.41) is 0. The molecular weight excluding hydrogens is 312 g/mol. The Morgan fingerprint density at radius 1 is 1.16 bits per heavy atom. The molecule has 0 saturated carbocycles. The highest BCUT2D eigenvalue weighted by molar-refractivity contribution is 5.92. The van der Waals surface area contributed by atoms with Crippen LogP contribution in [0.15, 0.2) is 42.9 Å². The van der Waals surface area contributed by atoms with Crippen LogP contribution < -0.4 is 0 Å². The van der Waals surface area contributed by atoms with Crippen LogP contribution in [0.2, 0.25) is 0 Å². The lowest BCUT2D eigenvalue weighted by Crippen LogP contribution is -2.44. The Balaban J connectivity index is 1.34. The van der Waals surface area contributed by atoms with Crippen LogP contribution in [-0.4, -0.2) is 51.4 Å². The first-order valence-electron chi connectivity index (χ1n) is 9.17. The average molecular weight is 338 g/mol. The fraction of sp³-hybridized carbons (Fsp3) is 0.500. The lowest BCUT2D eigenvalue weighted by Gasteiger charge is -2.39. The molecule has 0 unspecified atom stereocenters. The van der Waals surface area contributed by atoms with E-state index in [2.05, 4.69) is 16.0 Å². The second-order valence-electron chi connectivity index (χ2n) is 7.62. The molecule has 0 N–H and O–H groups in total. The van der Waals surface area contributed by atoms with E-state index in [1.807, 2.05) is 53.3 Å². The van der Waals surface area contributed by atoms with Crippen molar-refractivity contribution in [1.82, 2.24) is 19.4 Å². The maximum atomic E-state index is 12.7. The van der Waals surface area contributed by atoms with Gasteiger partial charge in [0.2, 0.25) is 0 Å². The molecule has 0 aliphatic carbocycles. The number of hydrogen-bond donors (Lipinski definition) is 0. The van der Waals surface area contributed by atoms with Gasteiger partial charge in [-0.2, -0.15) is 0 Å². The fourth-order valence-corrected chi connectivity index (χ4v) is 4.35. The zero-order valence-corrected chi connectivity index (χ0v) is 14.9. The Morgan fingerprint density at radius 2 is 1.96 bits per heavy atom. The molecule has 2 aromatic rings. The van der Waals surface area contributed by atoms with E-state index in [1.165, 1.54) is 12.0 Å². The lowest BCUT2D eigenvalue weighted by atomic mass is 9.77. The molecule has 4 heterocycles. The van der Waals surface area contributed by atoms with Gasteiger partial charge in [-0.15, -0.1) is 0 Å². The van der Waals surface area contributed by atoms with Gasteiger partial charge in [-0.05, 0) is 55.0 Å². The van der Waals surface area contributed by atoms with E-state index < -0.39 is 0 Å². The van der Waals surface area contributed by atoms with E-state index in [1.54, 1.807) is 0 Å². The van der Waals surface area contributed by atoms with Crippen LogP contribution in [0.4, 0.5) is 0 Å². The number of amides is 1. The summed E-state index contributed by atoms with van der Waals surface area (Å²) in [5.74, 6) is 0.174. The minimum atomic E-state index is 0.174. The number of carbonyl (C=O) groups is 1. The van der Waals surface area contributed by atoms with E-state index in [4.69, 9.17) is 0 Å². The van der Waals surface area contributed by atoms with Crippen molar-refractivity contribution in [2.45, 2.75) is 25.8 Å². The maximum Gasteiger partial charge on any atom is 0.270 e. The van der Waals surface area contributed by atoms with Crippen molar-refractivity contribution in [2.24, 2.45) is 12.5 Å². The lowest BCUT2D eigenvalue weighted by molar-refractivity contribution is 0.0579. The number of rotatable bonds is 3. The largest absolute Gasteiger partial charge is 0.347 e. The molecule has 0 aromatic carbocycles. The molecular formula is C20H26N4O. The Kier molecular flexibility index (Phi) is 4.34. The Hall–Kier alpha value is -2.14. The summed E-state index contributed by atoms with van der Waals surface area (Å²) >= 11 is 0. The quantitative estimate of drug-likeness (QED) is 0.864. The predicted octanol–water partition coefficient (Wildman–Crippen LogP) is 2.55. The number of aryl methyl sites for hydroxylation is 1. The van der Waals surface area contributed by atoms with Gasteiger partial charge in [0, 0.05) is 51.8 Å². The van der Waals surface area contributed by atoms with E-state index in [0.29, 0.717) is 5.41 Å². The molecule has 5 nitrogen and oxygen atoms in total. The highest BCUT2D eigenvalue weighted by Gasteiger charge is 2.41. The van der Waals surface area contributed by atoms with Gasteiger partial charge in [-0.25, -0.2) is 0 Å². The number of hydrogen-bond acceptors (Lipinski definition) is 3. The zero-order valence-electron chi connectivity index (χ0n) is 14.9. The molecule has 1 amide bonds. The van der Waals surface area contributed by atoms with Crippen molar-refractivity contribution in [3.8, 4) is 0 Å². The van der Waals surface area contributed by atoms with Gasteiger partial charge in [-0.1, -0.05) is 6.07 Å². The summed E-state index contributed by atoms with van der Waals surface area (Å²) in [7, 11) is 1.94. The van der Waals surface area contributed by atoms with E-state index in [0.717, 1.165) is 51.3 Å². The first-order chi connectivity index (χ1) is 12.2. The molecule has 1 spiro atoms. The summed E-state index contributed by atoms with van der Waals surface area (Å²) < 4.78 is 1.91. The third-order valence-electron chi connectivity index (χ3n) is 5.92. The molecule has 2 aliphatic rings. The number of aromatic nitrogens is 2. The van der Waals surface area contributed by atoms with E-state index in [9.17, 15) is 4.79 Å². The molecule has 2 aliphatic heterocycles. The third-order valence-corrected chi connectivity index (χ3v) is 5.92. The molecule has 2 saturated heterocycles. The summed E-state index contributed by atoms with van der Waals surface area (Å²) in [6.07, 6.45) is 9.21. The monoisotopic (exact) mass is 338 g/mol. The second kappa shape index (κ2) is 6.64. The SMILES string of the molecule is Cn1cccc1C(=O)N1CCC2(CCN(Cc3cccnc3)C2)CC1. The number of nitrogens with zero attached hydrogens (tertiary/aromatic N) is 4. The summed E-state index contributed by atoms with van der Waals surface area (Å²) in [6, 6.07) is 8.01. The smallest absolute Gasteiger partial charge is 0.270 e. The minimum absolute atomic E-state index is 0.174. The molecule has 2 fully saturated rings. The van der Waals surface area contributed by atoms with Crippen LogP contribution in [0.1, 0.15) is 35.3 Å². The van der Waals surface area contributed by atoms with Crippen LogP contribution >= 0.6 is 0 Å². The Morgan fingerprint density at radius 3 is 2.64 bits per heavy atom. The number of carbonyl (C=O) groups excluding carboxylic acids is 1. The van der Waals surface area contributed by atoms with Gasteiger partial charge >= 0.3 is 0 Å². The third kappa shape index (κ3) is 3.33. The van der Waals surface area contributed by atoms with Crippen LogP contribution in [0.3, 0.4) is 0 Å². The van der Waals surface area contributed by atoms with Crippen LogP contribution in [0.5, 0.6) is 0 Å². The summed E-state index contributed by atoms with van der Waals surface area (Å²) in [4.78, 5) is 21.5. The van der Waals surface area contributed by atoms with Crippen LogP contribution in [0, 0.1) is 5.41 Å². The van der Waals surface area contributed by atoms with E-state index >= 15 is 0 Å². The molecule has 2 aromatic heterocycles. The number of piperidine rings is 1. The van der Waals surface area contributed by atoms with Gasteiger partial charge in [0.05, 0.1) is 0 Å². The first-order valence-corrected chi connectivity index (χ1v) is 9.17. The molecule has 0 bridgehead atoms. The first kappa shape index (κ1) is 16.3. The Labute approximate surface area is 149 Å². The average Bonchev–Trinajstić information content (AvgIpc) is 3.23. The molecule has 25 heavy (non-hydrogen) atoms. The highest BCUT2D eigenvalue weighted by Crippen LogP contribution is 2.41. The van der Waals surface area contributed by atoms with Gasteiger partial charge in [0.15, 0.2) is 0 Å². The molecule has 0 atom stereocenters. The minimum Gasteiger partial charge on any atom is -0.347 e. The van der Waals surface area contributed by atoms with Gasteiger partial charge < -0.3 is 9.47 Å². The molecule has 4 rings (SSSR count). The standard InChI is InChI=1S/C20H26N4O/c1-22-10-3-5-18(22)19(25)24-12-7-20(8-13-24)6-11-23(16-20)15-17-4-2-9-21-14-17/h2-5,9-10,14H,6-8,11-13,15-16H2,1H3. The van der Waals surface area contributed by atoms with E-state index in [-0.39, 0.29) is 5.91 Å².